The van der Waals surface area contributed by atoms with Gasteiger partial charge in [0.05, 0.1) is 6.26 Å². The Bertz CT molecular complexity index is 379. The minimum atomic E-state index is -0.161. The molecule has 1 saturated heterocycles. The van der Waals surface area contributed by atoms with Crippen molar-refractivity contribution in [2.75, 3.05) is 19.6 Å². The van der Waals surface area contributed by atoms with Crippen LogP contribution in [-0.4, -0.2) is 25.5 Å². The van der Waals surface area contributed by atoms with Crippen molar-refractivity contribution in [2.45, 2.75) is 32.1 Å². The van der Waals surface area contributed by atoms with Gasteiger partial charge in [-0.3, -0.25) is 4.79 Å². The van der Waals surface area contributed by atoms with Crippen molar-refractivity contribution in [1.29, 1.82) is 0 Å². The lowest BCUT2D eigenvalue weighted by atomic mass is 9.89. The molecule has 0 aromatic carbocycles. The van der Waals surface area contributed by atoms with E-state index in [0.29, 0.717) is 6.54 Å². The SMILES string of the molecule is CC(C)(CNC(=O)C1CCNCC1)c1ccco1. The van der Waals surface area contributed by atoms with E-state index < -0.39 is 0 Å². The van der Waals surface area contributed by atoms with E-state index in [1.165, 1.54) is 0 Å². The number of hydrogen-bond acceptors (Lipinski definition) is 3. The van der Waals surface area contributed by atoms with Crippen molar-refractivity contribution < 1.29 is 9.21 Å². The smallest absolute Gasteiger partial charge is 0.223 e. The van der Waals surface area contributed by atoms with E-state index in [0.717, 1.165) is 31.7 Å². The highest BCUT2D eigenvalue weighted by atomic mass is 16.3. The number of nitrogens with one attached hydrogen (secondary N) is 2. The summed E-state index contributed by atoms with van der Waals surface area (Å²) in [5.41, 5.74) is -0.161. The fourth-order valence-corrected chi connectivity index (χ4v) is 2.29. The minimum absolute atomic E-state index is 0.161. The largest absolute Gasteiger partial charge is 0.469 e. The molecule has 1 aromatic rings. The first-order valence-corrected chi connectivity index (χ1v) is 6.62. The van der Waals surface area contributed by atoms with Crippen LogP contribution >= 0.6 is 0 Å². The molecule has 4 nitrogen and oxygen atoms in total. The zero-order valence-electron chi connectivity index (χ0n) is 11.2. The molecule has 1 amide bonds. The summed E-state index contributed by atoms with van der Waals surface area (Å²) in [7, 11) is 0. The summed E-state index contributed by atoms with van der Waals surface area (Å²) in [5, 5.41) is 6.32. The lowest BCUT2D eigenvalue weighted by Crippen LogP contribution is -2.42. The Labute approximate surface area is 108 Å². The predicted molar refractivity (Wildman–Crippen MR) is 70.3 cm³/mol. The first kappa shape index (κ1) is 13.1. The fourth-order valence-electron chi connectivity index (χ4n) is 2.29. The summed E-state index contributed by atoms with van der Waals surface area (Å²) < 4.78 is 5.41. The number of piperidine rings is 1. The van der Waals surface area contributed by atoms with Gasteiger partial charge >= 0.3 is 0 Å². The van der Waals surface area contributed by atoms with Gasteiger partial charge in [-0.25, -0.2) is 0 Å². The van der Waals surface area contributed by atoms with Crippen LogP contribution in [0.3, 0.4) is 0 Å². The van der Waals surface area contributed by atoms with Crippen LogP contribution in [0, 0.1) is 5.92 Å². The third-order valence-electron chi connectivity index (χ3n) is 3.60. The predicted octanol–water partition coefficient (Wildman–Crippen LogP) is 1.67. The molecule has 2 N–H and O–H groups in total. The molecule has 4 heteroatoms. The van der Waals surface area contributed by atoms with Crippen molar-refractivity contribution in [1.82, 2.24) is 10.6 Å². The Morgan fingerprint density at radius 3 is 2.83 bits per heavy atom. The quantitative estimate of drug-likeness (QED) is 0.854. The van der Waals surface area contributed by atoms with Gasteiger partial charge in [-0.1, -0.05) is 13.8 Å². The Morgan fingerprint density at radius 1 is 1.50 bits per heavy atom. The normalized spacial score (nSPS) is 17.7. The average Bonchev–Trinajstić information content (AvgIpc) is 2.92. The van der Waals surface area contributed by atoms with E-state index >= 15 is 0 Å². The van der Waals surface area contributed by atoms with Crippen LogP contribution in [0.4, 0.5) is 0 Å². The molecule has 2 rings (SSSR count). The minimum Gasteiger partial charge on any atom is -0.469 e. The second-order valence-electron chi connectivity index (χ2n) is 5.60. The highest BCUT2D eigenvalue weighted by Gasteiger charge is 2.27. The number of carbonyl (C=O) groups is 1. The van der Waals surface area contributed by atoms with E-state index in [9.17, 15) is 4.79 Å². The zero-order valence-corrected chi connectivity index (χ0v) is 11.2. The first-order chi connectivity index (χ1) is 8.59. The number of hydrogen-bond donors (Lipinski definition) is 2. The van der Waals surface area contributed by atoms with Crippen LogP contribution < -0.4 is 10.6 Å². The summed E-state index contributed by atoms with van der Waals surface area (Å²) in [5.74, 6) is 1.25. The fraction of sp³-hybridized carbons (Fsp3) is 0.643. The molecule has 100 valence electrons. The molecule has 18 heavy (non-hydrogen) atoms. The summed E-state index contributed by atoms with van der Waals surface area (Å²) in [6.07, 6.45) is 3.55. The average molecular weight is 250 g/mol. The van der Waals surface area contributed by atoms with Crippen molar-refractivity contribution in [2.24, 2.45) is 5.92 Å². The van der Waals surface area contributed by atoms with E-state index in [4.69, 9.17) is 4.42 Å². The van der Waals surface area contributed by atoms with Gasteiger partial charge in [0.15, 0.2) is 0 Å². The molecule has 1 aromatic heterocycles. The van der Waals surface area contributed by atoms with Crippen molar-refractivity contribution in [3.05, 3.63) is 24.2 Å². The van der Waals surface area contributed by atoms with Gasteiger partial charge in [0.25, 0.3) is 0 Å². The standard InChI is InChI=1S/C14H22N2O2/c1-14(2,12-4-3-9-18-12)10-16-13(17)11-5-7-15-8-6-11/h3-4,9,11,15H,5-8,10H2,1-2H3,(H,16,17). The molecule has 0 unspecified atom stereocenters. The molecule has 1 fully saturated rings. The summed E-state index contributed by atoms with van der Waals surface area (Å²) >= 11 is 0. The summed E-state index contributed by atoms with van der Waals surface area (Å²) in [4.78, 5) is 12.0. The van der Waals surface area contributed by atoms with Crippen LogP contribution in [0.25, 0.3) is 0 Å². The maximum atomic E-state index is 12.0. The van der Waals surface area contributed by atoms with Gasteiger partial charge in [0.1, 0.15) is 5.76 Å². The molecule has 0 saturated carbocycles. The van der Waals surface area contributed by atoms with Gasteiger partial charge in [0, 0.05) is 17.9 Å². The molecule has 0 spiro atoms. The van der Waals surface area contributed by atoms with Crippen molar-refractivity contribution in [3.8, 4) is 0 Å². The second kappa shape index (κ2) is 5.57. The second-order valence-corrected chi connectivity index (χ2v) is 5.60. The third-order valence-corrected chi connectivity index (χ3v) is 3.60. The Kier molecular flexibility index (Phi) is 4.07. The third kappa shape index (κ3) is 3.13. The summed E-state index contributed by atoms with van der Waals surface area (Å²) in [6, 6.07) is 3.84. The van der Waals surface area contributed by atoms with Gasteiger partial charge in [-0.05, 0) is 38.1 Å². The highest BCUT2D eigenvalue weighted by molar-refractivity contribution is 5.78. The van der Waals surface area contributed by atoms with E-state index in [-0.39, 0.29) is 17.2 Å². The molecule has 2 heterocycles. The number of furan rings is 1. The van der Waals surface area contributed by atoms with E-state index in [2.05, 4.69) is 24.5 Å². The molecular weight excluding hydrogens is 228 g/mol. The van der Waals surface area contributed by atoms with Crippen molar-refractivity contribution >= 4 is 5.91 Å². The maximum absolute atomic E-state index is 12.0. The Hall–Kier alpha value is -1.29. The van der Waals surface area contributed by atoms with Gasteiger partial charge in [-0.15, -0.1) is 0 Å². The molecule has 0 radical (unpaired) electrons. The van der Waals surface area contributed by atoms with E-state index in [1.807, 2.05) is 12.1 Å². The summed E-state index contributed by atoms with van der Waals surface area (Å²) in [6.45, 7) is 6.66. The monoisotopic (exact) mass is 250 g/mol. The molecule has 0 aliphatic carbocycles. The lowest BCUT2D eigenvalue weighted by Gasteiger charge is -2.26. The molecular formula is C14H22N2O2. The Morgan fingerprint density at radius 2 is 2.22 bits per heavy atom. The lowest BCUT2D eigenvalue weighted by molar-refractivity contribution is -0.126. The van der Waals surface area contributed by atoms with E-state index in [1.54, 1.807) is 6.26 Å². The van der Waals surface area contributed by atoms with Gasteiger partial charge < -0.3 is 15.1 Å². The van der Waals surface area contributed by atoms with Gasteiger partial charge in [0.2, 0.25) is 5.91 Å². The molecule has 1 aliphatic heterocycles. The number of carbonyl (C=O) groups excluding carboxylic acids is 1. The first-order valence-electron chi connectivity index (χ1n) is 6.62. The topological polar surface area (TPSA) is 54.3 Å². The zero-order chi connectivity index (χ0) is 13.0. The Balaban J connectivity index is 1.85. The maximum Gasteiger partial charge on any atom is 0.223 e. The number of amides is 1. The van der Waals surface area contributed by atoms with Crippen LogP contribution in [0.15, 0.2) is 22.8 Å². The van der Waals surface area contributed by atoms with Crippen LogP contribution in [-0.2, 0) is 10.2 Å². The highest BCUT2D eigenvalue weighted by Crippen LogP contribution is 2.22. The molecule has 1 aliphatic rings. The van der Waals surface area contributed by atoms with Crippen molar-refractivity contribution in [3.63, 3.8) is 0 Å². The number of rotatable bonds is 4. The van der Waals surface area contributed by atoms with Crippen LogP contribution in [0.2, 0.25) is 0 Å². The van der Waals surface area contributed by atoms with Crippen LogP contribution in [0.1, 0.15) is 32.4 Å². The molecule has 0 bridgehead atoms. The van der Waals surface area contributed by atoms with Crippen LogP contribution in [0.5, 0.6) is 0 Å². The molecule has 0 atom stereocenters. The van der Waals surface area contributed by atoms with Gasteiger partial charge in [-0.2, -0.15) is 0 Å².